The van der Waals surface area contributed by atoms with Gasteiger partial charge < -0.3 is 9.79 Å². The van der Waals surface area contributed by atoms with Crippen molar-refractivity contribution in [2.24, 2.45) is 0 Å². The summed E-state index contributed by atoms with van der Waals surface area (Å²) >= 11 is 0. The van der Waals surface area contributed by atoms with E-state index in [-0.39, 0.29) is 18.8 Å². The third kappa shape index (κ3) is 8.74. The molecule has 0 saturated heterocycles. The molecule has 1 unspecified atom stereocenters. The van der Waals surface area contributed by atoms with E-state index in [0.29, 0.717) is 12.8 Å². The first-order valence-electron chi connectivity index (χ1n) is 7.03. The monoisotopic (exact) mass is 296 g/mol. The highest BCUT2D eigenvalue weighted by molar-refractivity contribution is 7.46. The molecule has 0 heterocycles. The summed E-state index contributed by atoms with van der Waals surface area (Å²) in [6.45, 7) is 2.03. The molecule has 0 amide bonds. The average molecular weight is 296 g/mol. The van der Waals surface area contributed by atoms with Gasteiger partial charge in [-0.05, 0) is 32.1 Å². The molecule has 1 rings (SSSR count). The molecule has 0 radical (unpaired) electrons. The van der Waals surface area contributed by atoms with Crippen LogP contribution < -0.4 is 0 Å². The minimum atomic E-state index is -4.34. The van der Waals surface area contributed by atoms with E-state index >= 15 is 0 Å². The molecular weight excluding hydrogens is 271 g/mol. The molecule has 0 spiro atoms. The van der Waals surface area contributed by atoms with Crippen LogP contribution in [0.2, 0.25) is 0 Å². The summed E-state index contributed by atoms with van der Waals surface area (Å²) in [5.41, 5.74) is 0. The second-order valence-corrected chi connectivity index (χ2v) is 6.19. The Labute approximate surface area is 114 Å². The van der Waals surface area contributed by atoms with Crippen LogP contribution in [0.4, 0.5) is 0 Å². The second kappa shape index (κ2) is 9.06. The Bertz CT molecular complexity index is 273. The Morgan fingerprint density at radius 2 is 1.95 bits per heavy atom. The fourth-order valence-corrected chi connectivity index (χ4v) is 2.50. The van der Waals surface area contributed by atoms with Crippen molar-refractivity contribution in [3.63, 3.8) is 0 Å². The van der Waals surface area contributed by atoms with E-state index in [2.05, 4.69) is 4.52 Å². The van der Waals surface area contributed by atoms with Gasteiger partial charge in [-0.1, -0.05) is 26.2 Å². The quantitative estimate of drug-likeness (QED) is 0.294. The highest BCUT2D eigenvalue weighted by Gasteiger charge is 2.18. The molecule has 1 atom stereocenters. The van der Waals surface area contributed by atoms with E-state index in [1.54, 1.807) is 0 Å². The summed E-state index contributed by atoms with van der Waals surface area (Å²) in [5.74, 6) is 0. The van der Waals surface area contributed by atoms with Crippen molar-refractivity contribution >= 4 is 7.82 Å². The minimum absolute atomic E-state index is 0.0353. The molecule has 0 aromatic rings. The second-order valence-electron chi connectivity index (χ2n) is 4.95. The van der Waals surface area contributed by atoms with Crippen LogP contribution >= 0.6 is 7.82 Å². The maximum absolute atomic E-state index is 10.5. The summed E-state index contributed by atoms with van der Waals surface area (Å²) in [7, 11) is -4.34. The van der Waals surface area contributed by atoms with Crippen LogP contribution in [-0.2, 0) is 18.9 Å². The summed E-state index contributed by atoms with van der Waals surface area (Å²) in [5, 5.41) is 0. The number of hydrogen-bond acceptors (Lipinski definition) is 4. The van der Waals surface area contributed by atoms with Gasteiger partial charge in [0, 0.05) is 0 Å². The number of hydrogen-bond donors (Lipinski definition) is 2. The summed E-state index contributed by atoms with van der Waals surface area (Å²) in [4.78, 5) is 27.9. The lowest BCUT2D eigenvalue weighted by atomic mass is 9.98. The first-order chi connectivity index (χ1) is 9.01. The number of phosphoric acid groups is 1. The van der Waals surface area contributed by atoms with E-state index in [1.165, 1.54) is 19.3 Å². The van der Waals surface area contributed by atoms with Crippen molar-refractivity contribution in [3.8, 4) is 0 Å². The molecule has 2 N–H and O–H groups in total. The summed E-state index contributed by atoms with van der Waals surface area (Å²) < 4.78 is 14.9. The highest BCUT2D eigenvalue weighted by Crippen LogP contribution is 2.35. The lowest BCUT2D eigenvalue weighted by molar-refractivity contribution is -0.355. The van der Waals surface area contributed by atoms with Gasteiger partial charge in [-0.15, -0.1) is 0 Å². The van der Waals surface area contributed by atoms with E-state index in [1.807, 2.05) is 6.92 Å². The van der Waals surface area contributed by atoms with Crippen molar-refractivity contribution < 1.29 is 28.7 Å². The Balaban J connectivity index is 2.09. The van der Waals surface area contributed by atoms with Gasteiger partial charge in [-0.2, -0.15) is 0 Å². The lowest BCUT2D eigenvalue weighted by Gasteiger charge is -2.23. The zero-order chi connectivity index (χ0) is 14.1. The van der Waals surface area contributed by atoms with Crippen LogP contribution in [0.25, 0.3) is 0 Å². The third-order valence-corrected chi connectivity index (χ3v) is 3.78. The van der Waals surface area contributed by atoms with Gasteiger partial charge >= 0.3 is 7.82 Å². The zero-order valence-electron chi connectivity index (χ0n) is 11.5. The molecule has 114 valence electrons. The SMILES string of the molecule is CCC(CCCOP(=O)(O)O)OOC1CCCCC1. The first kappa shape index (κ1) is 17.1. The normalized spacial score (nSPS) is 19.5. The van der Waals surface area contributed by atoms with Gasteiger partial charge in [-0.3, -0.25) is 4.52 Å². The average Bonchev–Trinajstić information content (AvgIpc) is 2.38. The van der Waals surface area contributed by atoms with Crippen LogP contribution in [0, 0.1) is 0 Å². The Kier molecular flexibility index (Phi) is 8.14. The van der Waals surface area contributed by atoms with Crippen molar-refractivity contribution in [2.45, 2.75) is 70.5 Å². The number of rotatable bonds is 9. The van der Waals surface area contributed by atoms with Gasteiger partial charge in [0.2, 0.25) is 0 Å². The molecule has 7 heteroatoms. The summed E-state index contributed by atoms with van der Waals surface area (Å²) in [6.07, 6.45) is 7.95. The van der Waals surface area contributed by atoms with E-state index in [4.69, 9.17) is 19.6 Å². The molecule has 0 aromatic carbocycles. The van der Waals surface area contributed by atoms with Gasteiger partial charge in [0.05, 0.1) is 18.8 Å². The zero-order valence-corrected chi connectivity index (χ0v) is 12.4. The predicted molar refractivity (Wildman–Crippen MR) is 70.4 cm³/mol. The molecule has 19 heavy (non-hydrogen) atoms. The minimum Gasteiger partial charge on any atom is -0.303 e. The topological polar surface area (TPSA) is 85.2 Å². The molecule has 0 aromatic heterocycles. The van der Waals surface area contributed by atoms with Gasteiger partial charge in [0.15, 0.2) is 0 Å². The van der Waals surface area contributed by atoms with E-state index in [0.717, 1.165) is 19.3 Å². The van der Waals surface area contributed by atoms with Gasteiger partial charge in [0.1, 0.15) is 0 Å². The maximum atomic E-state index is 10.5. The molecular formula is C12H25O6P. The predicted octanol–water partition coefficient (Wildman–Crippen LogP) is 2.94. The van der Waals surface area contributed by atoms with Crippen molar-refractivity contribution in [1.29, 1.82) is 0 Å². The van der Waals surface area contributed by atoms with E-state index in [9.17, 15) is 4.57 Å². The summed E-state index contributed by atoms with van der Waals surface area (Å²) in [6, 6.07) is 0. The third-order valence-electron chi connectivity index (χ3n) is 3.27. The Morgan fingerprint density at radius 1 is 1.26 bits per heavy atom. The van der Waals surface area contributed by atoms with Crippen LogP contribution in [-0.4, -0.2) is 28.6 Å². The smallest absolute Gasteiger partial charge is 0.303 e. The van der Waals surface area contributed by atoms with Crippen LogP contribution in [0.5, 0.6) is 0 Å². The molecule has 1 aliphatic carbocycles. The molecule has 1 saturated carbocycles. The van der Waals surface area contributed by atoms with Crippen molar-refractivity contribution in [3.05, 3.63) is 0 Å². The Hall–Kier alpha value is 0.0300. The molecule has 1 aliphatic rings. The van der Waals surface area contributed by atoms with Crippen LogP contribution in [0.3, 0.4) is 0 Å². The fourth-order valence-electron chi connectivity index (χ4n) is 2.13. The standard InChI is InChI=1S/C12H25O6P/c1-2-11(9-6-10-16-19(13,14)15)17-18-12-7-4-3-5-8-12/h11-12H,2-10H2,1H3,(H2,13,14,15). The molecule has 0 bridgehead atoms. The van der Waals surface area contributed by atoms with Gasteiger partial charge in [0.25, 0.3) is 0 Å². The lowest BCUT2D eigenvalue weighted by Crippen LogP contribution is -2.21. The van der Waals surface area contributed by atoms with Crippen LogP contribution in [0.15, 0.2) is 0 Å². The largest absolute Gasteiger partial charge is 0.469 e. The number of phosphoric ester groups is 1. The Morgan fingerprint density at radius 3 is 2.53 bits per heavy atom. The van der Waals surface area contributed by atoms with Crippen molar-refractivity contribution in [2.75, 3.05) is 6.61 Å². The molecule has 0 aliphatic heterocycles. The van der Waals surface area contributed by atoms with E-state index < -0.39 is 7.82 Å². The first-order valence-corrected chi connectivity index (χ1v) is 8.56. The highest BCUT2D eigenvalue weighted by atomic mass is 31.2. The molecule has 1 fully saturated rings. The molecule has 6 nitrogen and oxygen atoms in total. The van der Waals surface area contributed by atoms with Crippen molar-refractivity contribution in [1.82, 2.24) is 0 Å². The van der Waals surface area contributed by atoms with Crippen LogP contribution in [0.1, 0.15) is 58.3 Å². The fraction of sp³-hybridized carbons (Fsp3) is 1.00. The van der Waals surface area contributed by atoms with Gasteiger partial charge in [-0.25, -0.2) is 14.3 Å². The maximum Gasteiger partial charge on any atom is 0.469 e.